The number of unbranched alkanes of at least 4 members (excludes halogenated alkanes) is 3. The topological polar surface area (TPSA) is 3.24 Å². The van der Waals surface area contributed by atoms with Crippen LogP contribution >= 0.6 is 0 Å². The van der Waals surface area contributed by atoms with Gasteiger partial charge in [0, 0.05) is 13.1 Å². The lowest BCUT2D eigenvalue weighted by atomic mass is 10.1. The SMILES string of the molecule is CCCCCC=CN1CCCCC1. The predicted molar refractivity (Wildman–Crippen MR) is 58.7 cm³/mol. The first-order valence-corrected chi connectivity index (χ1v) is 5.84. The zero-order chi connectivity index (χ0) is 9.36. The molecule has 1 aliphatic heterocycles. The Kier molecular flexibility index (Phi) is 5.71. The molecule has 0 aromatic heterocycles. The zero-order valence-corrected chi connectivity index (χ0v) is 8.97. The van der Waals surface area contributed by atoms with Crippen LogP contribution in [-0.2, 0) is 0 Å². The molecule has 0 amide bonds. The Bertz CT molecular complexity index is 134. The second kappa shape index (κ2) is 6.99. The van der Waals surface area contributed by atoms with Crippen molar-refractivity contribution >= 4 is 0 Å². The van der Waals surface area contributed by atoms with Gasteiger partial charge in [-0.15, -0.1) is 0 Å². The van der Waals surface area contributed by atoms with Crippen molar-refractivity contribution in [3.63, 3.8) is 0 Å². The fourth-order valence-electron chi connectivity index (χ4n) is 1.80. The third kappa shape index (κ3) is 4.97. The summed E-state index contributed by atoms with van der Waals surface area (Å²) in [4.78, 5) is 2.47. The van der Waals surface area contributed by atoms with Crippen LogP contribution in [0.3, 0.4) is 0 Å². The third-order valence-electron chi connectivity index (χ3n) is 2.68. The second-order valence-corrected chi connectivity index (χ2v) is 3.98. The normalized spacial score (nSPS) is 18.4. The molecule has 0 unspecified atom stereocenters. The van der Waals surface area contributed by atoms with Crippen LogP contribution in [0.15, 0.2) is 12.3 Å². The van der Waals surface area contributed by atoms with Gasteiger partial charge in [0.15, 0.2) is 0 Å². The van der Waals surface area contributed by atoms with E-state index in [0.717, 1.165) is 0 Å². The highest BCUT2D eigenvalue weighted by Gasteiger charge is 2.04. The number of likely N-dealkylation sites (tertiary alicyclic amines) is 1. The summed E-state index contributed by atoms with van der Waals surface area (Å²) in [6, 6.07) is 0. The largest absolute Gasteiger partial charge is 0.378 e. The van der Waals surface area contributed by atoms with E-state index >= 15 is 0 Å². The highest BCUT2D eigenvalue weighted by Crippen LogP contribution is 2.09. The molecule has 1 rings (SSSR count). The van der Waals surface area contributed by atoms with E-state index in [1.165, 1.54) is 58.0 Å². The van der Waals surface area contributed by atoms with Gasteiger partial charge >= 0.3 is 0 Å². The first-order chi connectivity index (χ1) is 6.43. The summed E-state index contributed by atoms with van der Waals surface area (Å²) >= 11 is 0. The van der Waals surface area contributed by atoms with E-state index in [2.05, 4.69) is 24.1 Å². The van der Waals surface area contributed by atoms with Gasteiger partial charge in [-0.3, -0.25) is 0 Å². The maximum atomic E-state index is 2.47. The van der Waals surface area contributed by atoms with E-state index in [1.807, 2.05) is 0 Å². The lowest BCUT2D eigenvalue weighted by Gasteiger charge is -2.24. The maximum Gasteiger partial charge on any atom is 0.0172 e. The number of piperidine rings is 1. The van der Waals surface area contributed by atoms with Gasteiger partial charge < -0.3 is 4.90 Å². The van der Waals surface area contributed by atoms with Crippen molar-refractivity contribution in [1.82, 2.24) is 4.90 Å². The van der Waals surface area contributed by atoms with Crippen LogP contribution in [0.2, 0.25) is 0 Å². The standard InChI is InChI=1S/C12H23N/c1-2-3-4-5-7-10-13-11-8-6-9-12-13/h7,10H,2-6,8-9,11-12H2,1H3. The molecule has 76 valence electrons. The van der Waals surface area contributed by atoms with Crippen molar-refractivity contribution in [2.45, 2.75) is 51.9 Å². The van der Waals surface area contributed by atoms with Crippen molar-refractivity contribution in [2.75, 3.05) is 13.1 Å². The monoisotopic (exact) mass is 181 g/mol. The number of hydrogen-bond acceptors (Lipinski definition) is 1. The summed E-state index contributed by atoms with van der Waals surface area (Å²) in [5, 5.41) is 0. The summed E-state index contributed by atoms with van der Waals surface area (Å²) in [5.74, 6) is 0. The second-order valence-electron chi connectivity index (χ2n) is 3.98. The Hall–Kier alpha value is -0.460. The zero-order valence-electron chi connectivity index (χ0n) is 8.97. The molecule has 1 nitrogen and oxygen atoms in total. The van der Waals surface area contributed by atoms with Crippen molar-refractivity contribution in [2.24, 2.45) is 0 Å². The van der Waals surface area contributed by atoms with Gasteiger partial charge in [0.05, 0.1) is 0 Å². The van der Waals surface area contributed by atoms with Crippen molar-refractivity contribution in [1.29, 1.82) is 0 Å². The minimum atomic E-state index is 1.27. The number of hydrogen-bond donors (Lipinski definition) is 0. The van der Waals surface area contributed by atoms with Gasteiger partial charge in [0.1, 0.15) is 0 Å². The number of rotatable bonds is 5. The predicted octanol–water partition coefficient (Wildman–Crippen LogP) is 3.57. The van der Waals surface area contributed by atoms with Crippen LogP contribution in [-0.4, -0.2) is 18.0 Å². The van der Waals surface area contributed by atoms with E-state index in [-0.39, 0.29) is 0 Å². The van der Waals surface area contributed by atoms with Crippen LogP contribution in [0.25, 0.3) is 0 Å². The molecule has 0 aromatic carbocycles. The van der Waals surface area contributed by atoms with Crippen LogP contribution < -0.4 is 0 Å². The molecule has 1 heteroatoms. The van der Waals surface area contributed by atoms with Gasteiger partial charge in [-0.05, 0) is 38.3 Å². The summed E-state index contributed by atoms with van der Waals surface area (Å²) in [6.45, 7) is 4.82. The quantitative estimate of drug-likeness (QED) is 0.586. The molecule has 0 bridgehead atoms. The van der Waals surface area contributed by atoms with Gasteiger partial charge in [0.25, 0.3) is 0 Å². The van der Waals surface area contributed by atoms with E-state index in [4.69, 9.17) is 0 Å². The minimum Gasteiger partial charge on any atom is -0.378 e. The van der Waals surface area contributed by atoms with Gasteiger partial charge in [0.2, 0.25) is 0 Å². The third-order valence-corrected chi connectivity index (χ3v) is 2.68. The summed E-state index contributed by atoms with van der Waals surface area (Å²) in [7, 11) is 0. The van der Waals surface area contributed by atoms with Crippen LogP contribution in [0.4, 0.5) is 0 Å². The molecular weight excluding hydrogens is 158 g/mol. The van der Waals surface area contributed by atoms with E-state index in [9.17, 15) is 0 Å². The Balaban J connectivity index is 2.01. The Morgan fingerprint density at radius 3 is 2.54 bits per heavy atom. The average molecular weight is 181 g/mol. The first kappa shape index (κ1) is 10.6. The van der Waals surface area contributed by atoms with Crippen LogP contribution in [0.1, 0.15) is 51.9 Å². The molecule has 1 aliphatic rings. The van der Waals surface area contributed by atoms with Crippen molar-refractivity contribution in [3.8, 4) is 0 Å². The summed E-state index contributed by atoms with van der Waals surface area (Å²) in [6.07, 6.45) is 14.2. The summed E-state index contributed by atoms with van der Waals surface area (Å²) in [5.41, 5.74) is 0. The molecule has 0 aliphatic carbocycles. The molecule has 0 radical (unpaired) electrons. The highest BCUT2D eigenvalue weighted by molar-refractivity contribution is 4.83. The molecule has 1 fully saturated rings. The smallest absolute Gasteiger partial charge is 0.0172 e. The molecule has 0 N–H and O–H groups in total. The van der Waals surface area contributed by atoms with E-state index in [0.29, 0.717) is 0 Å². The van der Waals surface area contributed by atoms with Gasteiger partial charge in [-0.25, -0.2) is 0 Å². The fraction of sp³-hybridized carbons (Fsp3) is 0.833. The molecule has 0 aromatic rings. The van der Waals surface area contributed by atoms with Gasteiger partial charge in [-0.1, -0.05) is 25.8 Å². The van der Waals surface area contributed by atoms with E-state index < -0.39 is 0 Å². The molecule has 1 heterocycles. The number of allylic oxidation sites excluding steroid dienone is 1. The Labute approximate surface area is 82.8 Å². The van der Waals surface area contributed by atoms with Gasteiger partial charge in [-0.2, -0.15) is 0 Å². The molecular formula is C12H23N. The average Bonchev–Trinajstić information content (AvgIpc) is 2.19. The summed E-state index contributed by atoms with van der Waals surface area (Å²) < 4.78 is 0. The minimum absolute atomic E-state index is 1.27. The van der Waals surface area contributed by atoms with Crippen LogP contribution in [0, 0.1) is 0 Å². The van der Waals surface area contributed by atoms with Crippen molar-refractivity contribution < 1.29 is 0 Å². The van der Waals surface area contributed by atoms with Crippen LogP contribution in [0.5, 0.6) is 0 Å². The fourth-order valence-corrected chi connectivity index (χ4v) is 1.80. The lowest BCUT2D eigenvalue weighted by molar-refractivity contribution is 0.308. The Morgan fingerprint density at radius 1 is 1.08 bits per heavy atom. The highest BCUT2D eigenvalue weighted by atomic mass is 15.1. The maximum absolute atomic E-state index is 2.47. The number of nitrogens with zero attached hydrogens (tertiary/aromatic N) is 1. The molecule has 1 saturated heterocycles. The van der Waals surface area contributed by atoms with Crippen molar-refractivity contribution in [3.05, 3.63) is 12.3 Å². The molecule has 0 saturated carbocycles. The Morgan fingerprint density at radius 2 is 1.85 bits per heavy atom. The molecule has 13 heavy (non-hydrogen) atoms. The first-order valence-electron chi connectivity index (χ1n) is 5.84. The molecule has 0 spiro atoms. The lowest BCUT2D eigenvalue weighted by Crippen LogP contribution is -2.23. The molecule has 0 atom stereocenters. The van der Waals surface area contributed by atoms with E-state index in [1.54, 1.807) is 0 Å².